The molecule has 1 amide bonds. The van der Waals surface area contributed by atoms with Crippen molar-refractivity contribution in [2.24, 2.45) is 0 Å². The molecule has 7 heteroatoms. The highest BCUT2D eigenvalue weighted by molar-refractivity contribution is 5.98. The van der Waals surface area contributed by atoms with E-state index in [9.17, 15) is 4.79 Å². The van der Waals surface area contributed by atoms with Crippen molar-refractivity contribution >= 4 is 5.91 Å². The van der Waals surface area contributed by atoms with Gasteiger partial charge in [0.1, 0.15) is 5.69 Å². The minimum absolute atomic E-state index is 0.239. The molecule has 1 saturated heterocycles. The minimum Gasteiger partial charge on any atom is -0.296 e. The molecular formula is C34H34N6O. The molecule has 2 aromatic heterocycles. The van der Waals surface area contributed by atoms with Gasteiger partial charge in [0.15, 0.2) is 0 Å². The largest absolute Gasteiger partial charge is 0.296 e. The highest BCUT2D eigenvalue weighted by Crippen LogP contribution is 2.31. The fourth-order valence-electron chi connectivity index (χ4n) is 5.66. The Hall–Kier alpha value is -4.59. The molecule has 6 rings (SSSR count). The van der Waals surface area contributed by atoms with Gasteiger partial charge in [0.05, 0.1) is 17.9 Å². The van der Waals surface area contributed by atoms with Gasteiger partial charge in [0.25, 0.3) is 5.91 Å². The minimum atomic E-state index is -0.290. The van der Waals surface area contributed by atoms with Crippen molar-refractivity contribution < 1.29 is 4.79 Å². The third kappa shape index (κ3) is 5.96. The summed E-state index contributed by atoms with van der Waals surface area (Å²) < 4.78 is 1.89. The fourth-order valence-corrected chi connectivity index (χ4v) is 5.66. The van der Waals surface area contributed by atoms with Crippen LogP contribution in [0.3, 0.4) is 0 Å². The first-order valence-corrected chi connectivity index (χ1v) is 14.1. The van der Waals surface area contributed by atoms with Crippen molar-refractivity contribution in [3.63, 3.8) is 0 Å². The van der Waals surface area contributed by atoms with Gasteiger partial charge in [-0.15, -0.1) is 0 Å². The van der Waals surface area contributed by atoms with Crippen molar-refractivity contribution in [2.75, 3.05) is 31.6 Å². The monoisotopic (exact) mass is 542 g/mol. The van der Waals surface area contributed by atoms with Gasteiger partial charge in [-0.05, 0) is 29.7 Å². The van der Waals surface area contributed by atoms with Crippen LogP contribution in [0.25, 0.3) is 11.3 Å². The maximum absolute atomic E-state index is 13.0. The number of carbonyl (C=O) groups excluding carboxylic acids is 1. The average molecular weight is 543 g/mol. The molecule has 7 nitrogen and oxygen atoms in total. The first-order valence-electron chi connectivity index (χ1n) is 14.1. The Labute approximate surface area is 241 Å². The SMILES string of the molecule is Cc1c(CN2CCN(C(c3ccccc3)c3ccccc3)CC2)cc(-c2ccccc2)n1NC(=O)c1cnccn1. The van der Waals surface area contributed by atoms with E-state index in [0.717, 1.165) is 49.7 Å². The second kappa shape index (κ2) is 12.3. The lowest BCUT2D eigenvalue weighted by atomic mass is 9.96. The zero-order chi connectivity index (χ0) is 28.0. The number of nitrogens with one attached hydrogen (secondary N) is 1. The predicted octanol–water partition coefficient (Wildman–Crippen LogP) is 5.54. The summed E-state index contributed by atoms with van der Waals surface area (Å²) in [6.07, 6.45) is 4.57. The Kier molecular flexibility index (Phi) is 7.98. The van der Waals surface area contributed by atoms with Crippen LogP contribution < -0.4 is 5.43 Å². The third-order valence-electron chi connectivity index (χ3n) is 7.83. The average Bonchev–Trinajstić information content (AvgIpc) is 3.34. The molecule has 1 aliphatic heterocycles. The molecule has 1 fully saturated rings. The zero-order valence-corrected chi connectivity index (χ0v) is 23.2. The Bertz CT molecular complexity index is 1520. The van der Waals surface area contributed by atoms with Gasteiger partial charge >= 0.3 is 0 Å². The van der Waals surface area contributed by atoms with E-state index in [2.05, 4.69) is 111 Å². The second-order valence-electron chi connectivity index (χ2n) is 10.4. The van der Waals surface area contributed by atoms with Gasteiger partial charge < -0.3 is 0 Å². The van der Waals surface area contributed by atoms with Crippen LogP contribution in [0.1, 0.15) is 38.9 Å². The van der Waals surface area contributed by atoms with Crippen molar-refractivity contribution in [1.82, 2.24) is 24.4 Å². The fraction of sp³-hybridized carbons (Fsp3) is 0.206. The summed E-state index contributed by atoms with van der Waals surface area (Å²) >= 11 is 0. The number of rotatable bonds is 8. The van der Waals surface area contributed by atoms with Crippen LogP contribution in [0.4, 0.5) is 0 Å². The number of hydrogen-bond acceptors (Lipinski definition) is 5. The first kappa shape index (κ1) is 26.6. The normalized spacial score (nSPS) is 14.3. The second-order valence-corrected chi connectivity index (χ2v) is 10.4. The van der Waals surface area contributed by atoms with Crippen LogP contribution in [0.5, 0.6) is 0 Å². The molecule has 0 bridgehead atoms. The number of amides is 1. The number of piperazine rings is 1. The van der Waals surface area contributed by atoms with Crippen LogP contribution in [-0.4, -0.2) is 56.5 Å². The molecule has 0 aliphatic carbocycles. The molecule has 1 aliphatic rings. The lowest BCUT2D eigenvalue weighted by Gasteiger charge is -2.39. The molecule has 41 heavy (non-hydrogen) atoms. The predicted molar refractivity (Wildman–Crippen MR) is 162 cm³/mol. The molecule has 0 saturated carbocycles. The number of aromatic nitrogens is 3. The van der Waals surface area contributed by atoms with E-state index >= 15 is 0 Å². The van der Waals surface area contributed by atoms with Gasteiger partial charge in [-0.25, -0.2) is 4.98 Å². The molecule has 1 N–H and O–H groups in total. The van der Waals surface area contributed by atoms with Crippen LogP contribution in [-0.2, 0) is 6.54 Å². The molecule has 0 atom stereocenters. The molecule has 0 radical (unpaired) electrons. The standard InChI is InChI=1S/C34H34N6O/c1-26-30(23-32(27-11-5-2-6-12-27)40(26)37-34(41)31-24-35-17-18-36-31)25-38-19-21-39(22-20-38)33(28-13-7-3-8-14-28)29-15-9-4-10-16-29/h2-18,23-24,33H,19-22,25H2,1H3,(H,37,41). The highest BCUT2D eigenvalue weighted by Gasteiger charge is 2.27. The summed E-state index contributed by atoms with van der Waals surface area (Å²) in [5.41, 5.74) is 10.2. The van der Waals surface area contributed by atoms with E-state index in [0.29, 0.717) is 0 Å². The smallest absolute Gasteiger partial charge is 0.290 e. The van der Waals surface area contributed by atoms with Crippen molar-refractivity contribution in [3.8, 4) is 11.3 Å². The van der Waals surface area contributed by atoms with E-state index in [1.54, 1.807) is 6.20 Å². The Balaban J connectivity index is 1.21. The van der Waals surface area contributed by atoms with E-state index < -0.39 is 0 Å². The van der Waals surface area contributed by atoms with Crippen LogP contribution >= 0.6 is 0 Å². The van der Waals surface area contributed by atoms with Crippen LogP contribution in [0.2, 0.25) is 0 Å². The van der Waals surface area contributed by atoms with Crippen molar-refractivity contribution in [3.05, 3.63) is 144 Å². The molecule has 3 heterocycles. The maximum Gasteiger partial charge on any atom is 0.290 e. The lowest BCUT2D eigenvalue weighted by Crippen LogP contribution is -2.47. The lowest BCUT2D eigenvalue weighted by molar-refractivity contribution is 0.100. The van der Waals surface area contributed by atoms with Gasteiger partial charge in [-0.1, -0.05) is 91.0 Å². The third-order valence-corrected chi connectivity index (χ3v) is 7.83. The van der Waals surface area contributed by atoms with Gasteiger partial charge in [-0.2, -0.15) is 0 Å². The molecular weight excluding hydrogens is 508 g/mol. The Morgan fingerprint density at radius 1 is 0.829 bits per heavy atom. The number of nitrogens with zero attached hydrogens (tertiary/aromatic N) is 5. The van der Waals surface area contributed by atoms with Gasteiger partial charge in [0, 0.05) is 56.4 Å². The maximum atomic E-state index is 13.0. The Morgan fingerprint density at radius 3 is 2.02 bits per heavy atom. The van der Waals surface area contributed by atoms with Gasteiger partial charge in [0.2, 0.25) is 0 Å². The summed E-state index contributed by atoms with van der Waals surface area (Å²) in [5, 5.41) is 0. The zero-order valence-electron chi connectivity index (χ0n) is 23.2. The summed E-state index contributed by atoms with van der Waals surface area (Å²) in [5.74, 6) is -0.290. The summed E-state index contributed by atoms with van der Waals surface area (Å²) in [6.45, 7) is 6.76. The Morgan fingerprint density at radius 2 is 1.44 bits per heavy atom. The summed E-state index contributed by atoms with van der Waals surface area (Å²) in [6, 6.07) is 34.2. The van der Waals surface area contributed by atoms with Crippen LogP contribution in [0, 0.1) is 6.92 Å². The molecule has 0 spiro atoms. The molecule has 206 valence electrons. The number of hydrogen-bond donors (Lipinski definition) is 1. The van der Waals surface area contributed by atoms with Crippen LogP contribution in [0.15, 0.2) is 116 Å². The van der Waals surface area contributed by atoms with E-state index in [1.165, 1.54) is 29.1 Å². The summed E-state index contributed by atoms with van der Waals surface area (Å²) in [4.78, 5) is 26.4. The van der Waals surface area contributed by atoms with Crippen molar-refractivity contribution in [1.29, 1.82) is 0 Å². The highest BCUT2D eigenvalue weighted by atomic mass is 16.2. The molecule has 3 aromatic carbocycles. The van der Waals surface area contributed by atoms with Gasteiger partial charge in [-0.3, -0.25) is 29.7 Å². The quantitative estimate of drug-likeness (QED) is 0.279. The van der Waals surface area contributed by atoms with E-state index in [1.807, 2.05) is 22.9 Å². The van der Waals surface area contributed by atoms with E-state index in [4.69, 9.17) is 0 Å². The number of benzene rings is 3. The molecule has 5 aromatic rings. The van der Waals surface area contributed by atoms with E-state index in [-0.39, 0.29) is 17.6 Å². The van der Waals surface area contributed by atoms with Crippen molar-refractivity contribution in [2.45, 2.75) is 19.5 Å². The number of carbonyl (C=O) groups is 1. The topological polar surface area (TPSA) is 66.3 Å². The summed E-state index contributed by atoms with van der Waals surface area (Å²) in [7, 11) is 0. The first-order chi connectivity index (χ1) is 20.2. The molecule has 0 unspecified atom stereocenters.